The number of hydrogen-bond acceptors (Lipinski definition) is 20. The van der Waals surface area contributed by atoms with Gasteiger partial charge in [0.25, 0.3) is 0 Å². The molecule has 4 aliphatic carbocycles. The molecule has 0 radical (unpaired) electrons. The molecule has 1 aromatic rings. The number of fused-ring (bicyclic) bond motifs is 7. The first-order valence-electron chi connectivity index (χ1n) is 26.6. The van der Waals surface area contributed by atoms with E-state index in [1.165, 1.54) is 41.7 Å². The highest BCUT2D eigenvalue weighted by Crippen LogP contribution is 2.65. The third-order valence-electron chi connectivity index (χ3n) is 18.7. The number of aliphatic hydroxyl groups is 12. The van der Waals surface area contributed by atoms with Crippen molar-refractivity contribution in [3.8, 4) is 0 Å². The Morgan fingerprint density at radius 3 is 1.85 bits per heavy atom. The highest BCUT2D eigenvalue weighted by atomic mass is 16.8. The van der Waals surface area contributed by atoms with Gasteiger partial charge in [-0.2, -0.15) is 0 Å². The van der Waals surface area contributed by atoms with Crippen molar-refractivity contribution >= 4 is 0 Å². The zero-order valence-electron chi connectivity index (χ0n) is 42.8. The molecule has 12 N–H and O–H groups in total. The maximum atomic E-state index is 12.1. The molecule has 20 nitrogen and oxygen atoms in total. The first-order chi connectivity index (χ1) is 34.6. The zero-order valence-corrected chi connectivity index (χ0v) is 42.8. The van der Waals surface area contributed by atoms with Crippen LogP contribution in [0.5, 0.6) is 0 Å². The topological polar surface area (TPSA) is 317 Å². The van der Waals surface area contributed by atoms with E-state index in [-0.39, 0.29) is 23.4 Å². The van der Waals surface area contributed by atoms with Crippen molar-refractivity contribution in [2.45, 2.75) is 234 Å². The van der Waals surface area contributed by atoms with Crippen molar-refractivity contribution in [2.75, 3.05) is 19.8 Å². The van der Waals surface area contributed by atoms with Crippen molar-refractivity contribution in [2.24, 2.45) is 29.1 Å². The predicted molar refractivity (Wildman–Crippen MR) is 255 cm³/mol. The maximum Gasteiger partial charge on any atom is 0.187 e. The molecule has 9 rings (SSSR count). The van der Waals surface area contributed by atoms with Gasteiger partial charge in [-0.05, 0) is 135 Å². The highest BCUT2D eigenvalue weighted by molar-refractivity contribution is 5.50. The molecule has 27 atom stereocenters. The average Bonchev–Trinajstić information content (AvgIpc) is 3.69. The van der Waals surface area contributed by atoms with Crippen LogP contribution in [0.4, 0.5) is 0 Å². The second-order valence-corrected chi connectivity index (χ2v) is 23.3. The van der Waals surface area contributed by atoms with Gasteiger partial charge in [-0.3, -0.25) is 0 Å². The Morgan fingerprint density at radius 1 is 0.616 bits per heavy atom. The van der Waals surface area contributed by atoms with E-state index in [1.807, 2.05) is 0 Å². The summed E-state index contributed by atoms with van der Waals surface area (Å²) < 4.78 is 48.1. The Balaban J connectivity index is 0.867. The SMILES string of the molecule is Cc1c(CCC(C)COC2OC(CO)C(O)C(O)C2O)ccc2c1C1(C)CCC3C(CC=C4CC(OC5OC(CO)C(OC6OC(C)C(O)C(O)C6O)C(O)C5OC5OC(C)C(O)C(O)C5O)CCC43C)C1C2. The van der Waals surface area contributed by atoms with Crippen molar-refractivity contribution in [1.29, 1.82) is 0 Å². The van der Waals surface area contributed by atoms with Gasteiger partial charge in [-0.1, -0.05) is 44.6 Å². The number of aliphatic hydroxyl groups excluding tert-OH is 12. The minimum atomic E-state index is -1.74. The lowest BCUT2D eigenvalue weighted by molar-refractivity contribution is -0.388. The minimum Gasteiger partial charge on any atom is -0.394 e. The lowest BCUT2D eigenvalue weighted by atomic mass is 9.47. The van der Waals surface area contributed by atoms with E-state index in [4.69, 9.17) is 37.9 Å². The molecule has 6 fully saturated rings. The van der Waals surface area contributed by atoms with Crippen LogP contribution in [0.2, 0.25) is 0 Å². The van der Waals surface area contributed by atoms with E-state index in [0.29, 0.717) is 30.6 Å². The number of allylic oxidation sites excluding steroid dienone is 1. The summed E-state index contributed by atoms with van der Waals surface area (Å²) in [6.07, 6.45) is -18.6. The molecule has 1 aromatic carbocycles. The largest absolute Gasteiger partial charge is 0.394 e. The van der Waals surface area contributed by atoms with E-state index >= 15 is 0 Å². The molecular weight excluding hydrogens is 957 g/mol. The van der Waals surface area contributed by atoms with Crippen molar-refractivity contribution in [1.82, 2.24) is 0 Å². The number of ether oxygens (including phenoxy) is 8. The van der Waals surface area contributed by atoms with Crippen LogP contribution in [0, 0.1) is 36.0 Å². The van der Waals surface area contributed by atoms with Gasteiger partial charge >= 0.3 is 0 Å². The Kier molecular flexibility index (Phi) is 16.9. The summed E-state index contributed by atoms with van der Waals surface area (Å²) in [5.74, 6) is 1.47. The van der Waals surface area contributed by atoms with Gasteiger partial charge in [0.2, 0.25) is 0 Å². The average molecular weight is 1040 g/mol. The third-order valence-corrected chi connectivity index (χ3v) is 18.7. The Bertz CT molecular complexity index is 2080. The first-order valence-corrected chi connectivity index (χ1v) is 26.6. The van der Waals surface area contributed by atoms with Crippen LogP contribution < -0.4 is 0 Å². The fourth-order valence-corrected chi connectivity index (χ4v) is 14.2. The van der Waals surface area contributed by atoms with Crippen molar-refractivity contribution in [3.63, 3.8) is 0 Å². The summed E-state index contributed by atoms with van der Waals surface area (Å²) in [5.41, 5.74) is 6.77. The standard InChI is InChI=1S/C53H82O20/c1-22(21-66-48-42(62)41(61)38(58)33(19-54)70-48)7-8-26-9-10-27-17-32-30-12-11-28-18-29(13-15-52(28,5)31(30)14-16-53(32,6)35(27)23(26)2)69-51-47(73-50-44(64)40(60)37(57)25(4)68-50)45(65)46(34(20-55)71-51)72-49-43(63)39(59)36(56)24(3)67-49/h9-11,22,24-25,29-34,36-51,54-65H,7-8,12-21H2,1-6H3. The summed E-state index contributed by atoms with van der Waals surface area (Å²) >= 11 is 0. The molecule has 0 bridgehead atoms. The molecule has 414 valence electrons. The smallest absolute Gasteiger partial charge is 0.187 e. The van der Waals surface area contributed by atoms with Crippen LogP contribution in [0.15, 0.2) is 23.8 Å². The normalized spacial score (nSPS) is 49.3. The van der Waals surface area contributed by atoms with Crippen LogP contribution in [0.1, 0.15) is 102 Å². The third kappa shape index (κ3) is 10.3. The van der Waals surface area contributed by atoms with Crippen LogP contribution in [-0.4, -0.2) is 210 Å². The van der Waals surface area contributed by atoms with Gasteiger partial charge in [0, 0.05) is 0 Å². The lowest BCUT2D eigenvalue weighted by Crippen LogP contribution is -2.66. The van der Waals surface area contributed by atoms with E-state index in [2.05, 4.69) is 45.9 Å². The van der Waals surface area contributed by atoms with Gasteiger partial charge in [-0.15, -0.1) is 0 Å². The second-order valence-electron chi connectivity index (χ2n) is 23.3. The molecule has 8 aliphatic rings. The Hall–Kier alpha value is -1.84. The molecule has 0 aromatic heterocycles. The van der Waals surface area contributed by atoms with Crippen LogP contribution >= 0.6 is 0 Å². The number of aryl methyl sites for hydroxylation is 1. The summed E-state index contributed by atoms with van der Waals surface area (Å²) in [6.45, 7) is 11.2. The van der Waals surface area contributed by atoms with Gasteiger partial charge in [0.1, 0.15) is 85.5 Å². The van der Waals surface area contributed by atoms with Gasteiger partial charge in [-0.25, -0.2) is 0 Å². The fourth-order valence-electron chi connectivity index (χ4n) is 14.2. The Labute approximate surface area is 426 Å². The monoisotopic (exact) mass is 1040 g/mol. The molecule has 4 saturated heterocycles. The van der Waals surface area contributed by atoms with E-state index in [0.717, 1.165) is 44.9 Å². The van der Waals surface area contributed by atoms with Gasteiger partial charge in [0.15, 0.2) is 25.2 Å². The molecule has 4 aliphatic heterocycles. The number of benzene rings is 1. The van der Waals surface area contributed by atoms with Crippen molar-refractivity contribution < 1.29 is 99.2 Å². The van der Waals surface area contributed by atoms with Gasteiger partial charge in [0.05, 0.1) is 38.1 Å². The molecule has 0 spiro atoms. The minimum absolute atomic E-state index is 0.0114. The zero-order chi connectivity index (χ0) is 52.6. The van der Waals surface area contributed by atoms with Crippen molar-refractivity contribution in [3.05, 3.63) is 46.0 Å². The Morgan fingerprint density at radius 2 is 1.21 bits per heavy atom. The molecule has 2 saturated carbocycles. The van der Waals surface area contributed by atoms with E-state index in [1.54, 1.807) is 0 Å². The highest BCUT2D eigenvalue weighted by Gasteiger charge is 2.59. The van der Waals surface area contributed by atoms with Crippen LogP contribution in [-0.2, 0) is 56.2 Å². The molecule has 73 heavy (non-hydrogen) atoms. The summed E-state index contributed by atoms with van der Waals surface area (Å²) in [4.78, 5) is 0. The summed E-state index contributed by atoms with van der Waals surface area (Å²) in [7, 11) is 0. The summed E-state index contributed by atoms with van der Waals surface area (Å²) in [5, 5.41) is 127. The fraction of sp³-hybridized carbons (Fsp3) is 0.849. The maximum absolute atomic E-state index is 12.1. The molecular formula is C53H82O20. The molecule has 0 amide bonds. The van der Waals surface area contributed by atoms with Crippen LogP contribution in [0.3, 0.4) is 0 Å². The predicted octanol–water partition coefficient (Wildman–Crippen LogP) is -0.755. The molecule has 20 heteroatoms. The summed E-state index contributed by atoms with van der Waals surface area (Å²) in [6, 6.07) is 4.60. The molecule has 27 unspecified atom stereocenters. The first kappa shape index (κ1) is 55.9. The quantitative estimate of drug-likeness (QED) is 0.102. The van der Waals surface area contributed by atoms with Gasteiger partial charge < -0.3 is 99.2 Å². The van der Waals surface area contributed by atoms with E-state index in [9.17, 15) is 61.3 Å². The number of rotatable bonds is 14. The van der Waals surface area contributed by atoms with Crippen LogP contribution in [0.25, 0.3) is 0 Å². The second kappa shape index (κ2) is 22.1. The lowest BCUT2D eigenvalue weighted by Gasteiger charge is -2.58. The molecule has 4 heterocycles. The van der Waals surface area contributed by atoms with E-state index < -0.39 is 142 Å². The number of hydrogen-bond donors (Lipinski definition) is 12.